The van der Waals surface area contributed by atoms with Crippen LogP contribution in [0.5, 0.6) is 0 Å². The fourth-order valence-corrected chi connectivity index (χ4v) is 7.58. The lowest BCUT2D eigenvalue weighted by Gasteiger charge is -2.05. The first kappa shape index (κ1) is 96.7. The number of aromatic carboxylic acids is 1. The number of rotatable bonds is 22. The van der Waals surface area contributed by atoms with E-state index in [4.69, 9.17) is 93.8 Å². The van der Waals surface area contributed by atoms with Crippen molar-refractivity contribution >= 4 is 87.7 Å². The van der Waals surface area contributed by atoms with Crippen molar-refractivity contribution in [1.29, 1.82) is 5.26 Å². The Labute approximate surface area is 562 Å². The number of carbonyl (C=O) groups excluding carboxylic acids is 4. The van der Waals surface area contributed by atoms with Crippen LogP contribution in [0.25, 0.3) is 10.4 Å². The number of anilines is 2. The maximum atomic E-state index is 11.5. The summed E-state index contributed by atoms with van der Waals surface area (Å²) in [4.78, 5) is 58.6. The lowest BCUT2D eigenvalue weighted by Crippen LogP contribution is -2.20. The van der Waals surface area contributed by atoms with Crippen LogP contribution in [0.2, 0.25) is 20.6 Å². The summed E-state index contributed by atoms with van der Waals surface area (Å²) in [5, 5.41) is 41.7. The number of nitrogens with one attached hydrogen (secondary N) is 1. The van der Waals surface area contributed by atoms with Gasteiger partial charge in [-0.05, 0) is 79.9 Å². The van der Waals surface area contributed by atoms with Crippen molar-refractivity contribution in [3.8, 4) is 6.07 Å². The molecule has 0 radical (unpaired) electrons. The highest BCUT2D eigenvalue weighted by Gasteiger charge is 2.23. The number of carboxylic acids is 1. The number of hydrazine groups is 1. The third-order valence-electron chi connectivity index (χ3n) is 10.1. The van der Waals surface area contributed by atoms with Crippen LogP contribution in [0.1, 0.15) is 142 Å². The van der Waals surface area contributed by atoms with Crippen LogP contribution in [0.15, 0.2) is 92.4 Å². The molecule has 0 saturated carbocycles. The minimum atomic E-state index is -1.06. The van der Waals surface area contributed by atoms with Crippen molar-refractivity contribution in [3.63, 3.8) is 0 Å². The van der Waals surface area contributed by atoms with Crippen LogP contribution in [-0.2, 0) is 56.5 Å². The molecule has 92 heavy (non-hydrogen) atoms. The SMILES string of the molecule is C.C.C.C.C.C=CCNN.C=CCn1nc(C)c(C(=O)N=[N+]=[N-])c1Cl.C=CCn1nc(C)c(C(=O)O)c1Cl.C=CCn1nc(C)c(C(=O)OCC)c1Cl.C=CCn1nc(C)c(C(=O)OCC)c1N.C=CCn1nc(C)c(N)c1Cl.CCOC(=O)C(C#N)=C(C)OCC. The van der Waals surface area contributed by atoms with Gasteiger partial charge in [0.25, 0.3) is 5.91 Å². The molecule has 5 aromatic heterocycles. The molecule has 0 aromatic carbocycles. The van der Waals surface area contributed by atoms with Gasteiger partial charge in [0.1, 0.15) is 49.8 Å². The fraction of sp³-hybridized carbons (Fsp3) is 0.417. The Balaban J connectivity index is -0.000000184. The van der Waals surface area contributed by atoms with E-state index in [-0.39, 0.29) is 70.7 Å². The number of aryl methyl sites for hydroxylation is 5. The first-order valence-electron chi connectivity index (χ1n) is 25.8. The summed E-state index contributed by atoms with van der Waals surface area (Å²) in [6, 6.07) is 1.75. The molecule has 514 valence electrons. The topological polar surface area (TPSA) is 394 Å². The van der Waals surface area contributed by atoms with Gasteiger partial charge in [-0.15, -0.1) is 39.5 Å². The van der Waals surface area contributed by atoms with Gasteiger partial charge < -0.3 is 35.5 Å². The molecule has 5 rings (SSSR count). The molecule has 0 atom stereocenters. The van der Waals surface area contributed by atoms with E-state index in [9.17, 15) is 24.0 Å². The third kappa shape index (κ3) is 31.2. The highest BCUT2D eigenvalue weighted by molar-refractivity contribution is 6.34. The molecule has 28 nitrogen and oxygen atoms in total. The molecule has 5 heterocycles. The highest BCUT2D eigenvalue weighted by atomic mass is 35.5. The highest BCUT2D eigenvalue weighted by Crippen LogP contribution is 2.24. The van der Waals surface area contributed by atoms with Gasteiger partial charge >= 0.3 is 23.9 Å². The van der Waals surface area contributed by atoms with Crippen molar-refractivity contribution in [2.45, 2.75) is 139 Å². The zero-order valence-electron chi connectivity index (χ0n) is 50.4. The van der Waals surface area contributed by atoms with E-state index in [1.807, 2.05) is 6.92 Å². The molecule has 0 unspecified atom stereocenters. The first-order chi connectivity index (χ1) is 41.2. The molecule has 8 N–H and O–H groups in total. The van der Waals surface area contributed by atoms with Crippen molar-refractivity contribution in [1.82, 2.24) is 54.3 Å². The number of carbonyl (C=O) groups is 5. The van der Waals surface area contributed by atoms with Gasteiger partial charge in [0.2, 0.25) is 0 Å². The molecule has 1 amide bonds. The Morgan fingerprint density at radius 3 is 1.24 bits per heavy atom. The Hall–Kier alpha value is -8.94. The third-order valence-corrected chi connectivity index (χ3v) is 11.6. The van der Waals surface area contributed by atoms with Crippen molar-refractivity contribution in [2.24, 2.45) is 11.0 Å². The number of hydrogen-bond donors (Lipinski definition) is 5. The van der Waals surface area contributed by atoms with Crippen molar-refractivity contribution < 1.29 is 48.0 Å². The van der Waals surface area contributed by atoms with E-state index in [0.717, 1.165) is 5.69 Å². The van der Waals surface area contributed by atoms with E-state index < -0.39 is 29.8 Å². The van der Waals surface area contributed by atoms with E-state index in [2.05, 4.69) is 85.2 Å². The number of aromatic nitrogens is 10. The number of carboxylic acid groups (broad SMARTS) is 1. The van der Waals surface area contributed by atoms with Gasteiger partial charge in [-0.1, -0.05) is 120 Å². The Morgan fingerprint density at radius 1 is 0.576 bits per heavy atom. The maximum absolute atomic E-state index is 11.5. The van der Waals surface area contributed by atoms with E-state index in [1.54, 1.807) is 110 Å². The minimum Gasteiger partial charge on any atom is -0.497 e. The summed E-state index contributed by atoms with van der Waals surface area (Å²) in [5.41, 5.74) is 26.0. The zero-order chi connectivity index (χ0) is 67.1. The minimum absolute atomic E-state index is 0. The molecule has 32 heteroatoms. The van der Waals surface area contributed by atoms with Gasteiger partial charge in [-0.3, -0.25) is 16.1 Å². The Morgan fingerprint density at radius 2 is 0.913 bits per heavy atom. The molecule has 5 aromatic rings. The van der Waals surface area contributed by atoms with Gasteiger partial charge in [0, 0.05) is 11.5 Å². The van der Waals surface area contributed by atoms with Crippen LogP contribution in [0.3, 0.4) is 0 Å². The number of halogens is 4. The van der Waals surface area contributed by atoms with E-state index >= 15 is 0 Å². The quantitative estimate of drug-likeness (QED) is 0.00367. The number of azide groups is 1. The molecular formula is C60H96Cl4N18O10. The number of allylic oxidation sites excluding steroid dienone is 6. The average Bonchev–Trinajstić information content (AvgIpc) is 1.81. The molecule has 0 bridgehead atoms. The predicted molar refractivity (Wildman–Crippen MR) is 370 cm³/mol. The molecular weight excluding hydrogens is 1270 g/mol. The fourth-order valence-electron chi connectivity index (χ4n) is 6.37. The standard InChI is InChI=1S/C10H13ClN2O2.C10H15N3O2.C9H13NO3.C8H8ClN5O.C8H9ClN2O2.C7H10ClN3.C3H8N2.5CH4/c2*1-4-6-13-9(11)8(7(3)12-13)10(14)15-5-2;1-4-12-7(3)8(6-10)9(11)13-5-2;1-3-4-14-7(9)6(5(2)12-14)8(15)11-13-10;1-3-4-11-7(9)6(8(12)13)5(2)10-11;1-3-4-11-7(8)6(9)5(2)10-11;1-2-3-5-4;;;;;/h4H,1,5-6H2,2-3H3;4H,1,5-6,11H2,2-3H3;4-5H2,1-3H3;3H,1,4H2,2H3;3H,1,4H2,2H3,(H,12,13);3H,1,4,9H2,2H3;2,5H,1,3-4H2;5*1H4. The molecule has 0 aliphatic rings. The summed E-state index contributed by atoms with van der Waals surface area (Å²) in [6.45, 7) is 42.6. The molecule has 0 saturated heterocycles. The van der Waals surface area contributed by atoms with Crippen molar-refractivity contribution in [3.05, 3.63) is 169 Å². The maximum Gasteiger partial charge on any atom is 0.352 e. The molecule has 0 spiro atoms. The first-order valence-corrected chi connectivity index (χ1v) is 27.3. The predicted octanol–water partition coefficient (Wildman–Crippen LogP) is 13.4. The van der Waals surface area contributed by atoms with Gasteiger partial charge in [0.05, 0.1) is 98.9 Å². The lowest BCUT2D eigenvalue weighted by atomic mass is 10.2. The normalized spacial score (nSPS) is 9.41. The lowest BCUT2D eigenvalue weighted by molar-refractivity contribution is -0.138. The smallest absolute Gasteiger partial charge is 0.352 e. The number of hydrogen-bond acceptors (Lipinski definition) is 19. The van der Waals surface area contributed by atoms with E-state index in [1.165, 1.54) is 18.7 Å². The summed E-state index contributed by atoms with van der Waals surface area (Å²) in [5.74, 6) is 2.18. The number of esters is 3. The monoisotopic (exact) mass is 1370 g/mol. The zero-order valence-corrected chi connectivity index (χ0v) is 53.4. The van der Waals surface area contributed by atoms with Gasteiger partial charge in [-0.25, -0.2) is 42.6 Å². The number of nitriles is 1. The number of nitrogens with two attached hydrogens (primary N) is 3. The summed E-state index contributed by atoms with van der Waals surface area (Å²) in [7, 11) is 0. The second-order valence-electron chi connectivity index (χ2n) is 16.4. The summed E-state index contributed by atoms with van der Waals surface area (Å²) < 4.78 is 26.9. The second-order valence-corrected chi connectivity index (χ2v) is 17.8. The van der Waals surface area contributed by atoms with Crippen LogP contribution in [0.4, 0.5) is 11.5 Å². The second kappa shape index (κ2) is 52.8. The van der Waals surface area contributed by atoms with Crippen molar-refractivity contribution in [2.75, 3.05) is 44.4 Å². The largest absolute Gasteiger partial charge is 0.497 e. The number of nitrogen functional groups attached to an aromatic ring is 2. The number of ether oxygens (including phenoxy) is 4. The van der Waals surface area contributed by atoms with Crippen LogP contribution in [0, 0.1) is 45.9 Å². The van der Waals surface area contributed by atoms with Crippen LogP contribution < -0.4 is 22.7 Å². The Bertz CT molecular complexity index is 3210. The molecule has 0 aliphatic carbocycles. The van der Waals surface area contributed by atoms with Crippen LogP contribution >= 0.6 is 46.4 Å². The van der Waals surface area contributed by atoms with Crippen LogP contribution in [-0.4, -0.2) is 117 Å². The molecule has 0 fully saturated rings. The molecule has 0 aliphatic heterocycles. The summed E-state index contributed by atoms with van der Waals surface area (Å²) >= 11 is 23.5. The van der Waals surface area contributed by atoms with Gasteiger partial charge in [-0.2, -0.15) is 30.8 Å². The average molecular weight is 1370 g/mol. The number of amides is 1. The van der Waals surface area contributed by atoms with Gasteiger partial charge in [0.15, 0.2) is 10.7 Å². The summed E-state index contributed by atoms with van der Waals surface area (Å²) in [6.07, 6.45) is 9.94. The number of nitrogens with zero attached hydrogens (tertiary/aromatic N) is 14. The van der Waals surface area contributed by atoms with E-state index in [0.29, 0.717) is 121 Å². The Kier molecular flexibility index (Phi) is 55.5.